The number of nitrogens with zero attached hydrogens (tertiary/aromatic N) is 2. The maximum absolute atomic E-state index is 13.2. The zero-order valence-electron chi connectivity index (χ0n) is 16.3. The predicted octanol–water partition coefficient (Wildman–Crippen LogP) is 3.46. The number of halogens is 4. The first-order valence-electron chi connectivity index (χ1n) is 9.38. The molecule has 1 aromatic carbocycles. The Hall–Kier alpha value is -3.05. The molecule has 4 rings (SSSR count). The highest BCUT2D eigenvalue weighted by molar-refractivity contribution is 6.37. The second kappa shape index (κ2) is 8.14. The number of alkyl halides is 2. The summed E-state index contributed by atoms with van der Waals surface area (Å²) < 4.78 is 32.1. The fourth-order valence-corrected chi connectivity index (χ4v) is 4.11. The van der Waals surface area contributed by atoms with Gasteiger partial charge in [-0.15, -0.1) is 5.10 Å². The predicted molar refractivity (Wildman–Crippen MR) is 112 cm³/mol. The van der Waals surface area contributed by atoms with Gasteiger partial charge < -0.3 is 4.74 Å². The zero-order chi connectivity index (χ0) is 23.2. The van der Waals surface area contributed by atoms with Gasteiger partial charge in [0.15, 0.2) is 11.4 Å². The third-order valence-corrected chi connectivity index (χ3v) is 5.88. The summed E-state index contributed by atoms with van der Waals surface area (Å²) in [5.41, 5.74) is -1.65. The van der Waals surface area contributed by atoms with E-state index in [1.165, 1.54) is 18.2 Å². The maximum Gasteiger partial charge on any atom is 0.342 e. The van der Waals surface area contributed by atoms with Crippen molar-refractivity contribution in [2.75, 3.05) is 0 Å². The lowest BCUT2D eigenvalue weighted by Gasteiger charge is -2.38. The maximum atomic E-state index is 13.2. The Bertz CT molecular complexity index is 1340. The fourth-order valence-electron chi connectivity index (χ4n) is 3.55. The van der Waals surface area contributed by atoms with Crippen LogP contribution in [0.4, 0.5) is 8.78 Å². The summed E-state index contributed by atoms with van der Waals surface area (Å²) in [6.45, 7) is 1.69. The van der Waals surface area contributed by atoms with Gasteiger partial charge in [0.1, 0.15) is 0 Å². The molecule has 1 aliphatic carbocycles. The molecule has 1 saturated carbocycles. The second-order valence-corrected chi connectivity index (χ2v) is 8.34. The molecule has 0 bridgehead atoms. The molecule has 1 unspecified atom stereocenters. The monoisotopic (exact) mass is 485 g/mol. The highest BCUT2D eigenvalue weighted by Gasteiger charge is 2.48. The van der Waals surface area contributed by atoms with Crippen LogP contribution < -0.4 is 21.5 Å². The van der Waals surface area contributed by atoms with E-state index in [1.54, 1.807) is 6.92 Å². The van der Waals surface area contributed by atoms with Gasteiger partial charge in [-0.3, -0.25) is 14.6 Å². The van der Waals surface area contributed by atoms with Crippen molar-refractivity contribution in [2.24, 2.45) is 5.92 Å². The van der Waals surface area contributed by atoms with Gasteiger partial charge in [-0.1, -0.05) is 30.1 Å². The number of benzene rings is 1. The number of aromatic amines is 3. The van der Waals surface area contributed by atoms with Crippen molar-refractivity contribution in [1.29, 1.82) is 0 Å². The van der Waals surface area contributed by atoms with Crippen LogP contribution in [0.15, 0.2) is 32.6 Å². The van der Waals surface area contributed by atoms with Crippen molar-refractivity contribution in [1.82, 2.24) is 25.4 Å². The highest BCUT2D eigenvalue weighted by Crippen LogP contribution is 2.48. The molecule has 32 heavy (non-hydrogen) atoms. The zero-order valence-corrected chi connectivity index (χ0v) is 17.9. The molecule has 0 aliphatic heterocycles. The highest BCUT2D eigenvalue weighted by atomic mass is 35.5. The minimum absolute atomic E-state index is 0.00105. The second-order valence-electron chi connectivity index (χ2n) is 7.53. The van der Waals surface area contributed by atoms with Gasteiger partial charge in [0.2, 0.25) is 11.8 Å². The van der Waals surface area contributed by atoms with Crippen LogP contribution in [0.5, 0.6) is 11.6 Å². The Morgan fingerprint density at radius 1 is 1.06 bits per heavy atom. The Kier molecular flexibility index (Phi) is 5.63. The first-order valence-corrected chi connectivity index (χ1v) is 10.1. The van der Waals surface area contributed by atoms with Crippen molar-refractivity contribution in [3.8, 4) is 22.9 Å². The van der Waals surface area contributed by atoms with E-state index in [4.69, 9.17) is 27.9 Å². The molecule has 3 N–H and O–H groups in total. The molecule has 1 atom stereocenters. The molecule has 1 aliphatic rings. The fraction of sp³-hybridized carbons (Fsp3) is 0.316. The number of nitrogens with one attached hydrogen (secondary N) is 3. The summed E-state index contributed by atoms with van der Waals surface area (Å²) in [7, 11) is 0. The molecule has 13 heteroatoms. The van der Waals surface area contributed by atoms with Crippen molar-refractivity contribution in [3.05, 3.63) is 65.0 Å². The van der Waals surface area contributed by atoms with Crippen LogP contribution in [0.25, 0.3) is 11.3 Å². The first kappa shape index (κ1) is 22.2. The van der Waals surface area contributed by atoms with Gasteiger partial charge in [0.05, 0.1) is 10.0 Å². The van der Waals surface area contributed by atoms with Gasteiger partial charge in [-0.05, 0) is 24.0 Å². The number of H-pyrrole nitrogens is 3. The lowest BCUT2D eigenvalue weighted by molar-refractivity contribution is -0.116. The lowest BCUT2D eigenvalue weighted by Crippen LogP contribution is -2.39. The Morgan fingerprint density at radius 2 is 1.72 bits per heavy atom. The topological polar surface area (TPSA) is 134 Å². The van der Waals surface area contributed by atoms with Crippen LogP contribution in [0.1, 0.15) is 31.2 Å². The summed E-state index contributed by atoms with van der Waals surface area (Å²) in [4.78, 5) is 37.3. The normalized spacial score (nSPS) is 16.4. The summed E-state index contributed by atoms with van der Waals surface area (Å²) in [5.74, 6) is -3.53. The molecule has 168 valence electrons. The van der Waals surface area contributed by atoms with E-state index in [0.717, 1.165) is 0 Å². The van der Waals surface area contributed by atoms with Crippen LogP contribution in [0.2, 0.25) is 10.0 Å². The molecule has 0 radical (unpaired) electrons. The van der Waals surface area contributed by atoms with Gasteiger partial charge in [-0.25, -0.2) is 23.8 Å². The first-order chi connectivity index (χ1) is 15.0. The quantitative estimate of drug-likeness (QED) is 0.506. The average Bonchev–Trinajstić information content (AvgIpc) is 2.69. The number of hydrogen-bond donors (Lipinski definition) is 3. The van der Waals surface area contributed by atoms with E-state index in [9.17, 15) is 23.2 Å². The molecule has 0 saturated heterocycles. The van der Waals surface area contributed by atoms with Crippen molar-refractivity contribution in [3.63, 3.8) is 0 Å². The number of aromatic nitrogens is 5. The standard InChI is InChI=1S/C19H15Cl2F2N5O4/c1-7(9-5-19(22,23)6-9)10-4-13(25-27-16(10)29)32-15-11(20)2-8(3-12(15)21)14-17(30)24-18(31)28-26-14/h2-4,7,9H,5-6H2,1H3,(H,27,29)(H2,24,28,30,31). The van der Waals surface area contributed by atoms with E-state index in [2.05, 4.69) is 20.4 Å². The van der Waals surface area contributed by atoms with Crippen LogP contribution in [0, 0.1) is 5.92 Å². The average molecular weight is 486 g/mol. The summed E-state index contributed by atoms with van der Waals surface area (Å²) in [5, 5.41) is 11.9. The van der Waals surface area contributed by atoms with Crippen LogP contribution >= 0.6 is 23.2 Å². The smallest absolute Gasteiger partial charge is 0.342 e. The minimum atomic E-state index is -2.71. The van der Waals surface area contributed by atoms with Gasteiger partial charge in [0, 0.05) is 30.0 Å². The van der Waals surface area contributed by atoms with E-state index < -0.39 is 28.6 Å². The summed E-state index contributed by atoms with van der Waals surface area (Å²) in [6, 6.07) is 4.06. The number of rotatable bonds is 5. The van der Waals surface area contributed by atoms with E-state index in [-0.39, 0.29) is 57.3 Å². The van der Waals surface area contributed by atoms with Crippen molar-refractivity contribution >= 4 is 23.2 Å². The molecule has 9 nitrogen and oxygen atoms in total. The molecule has 2 aromatic heterocycles. The number of ether oxygens (including phenoxy) is 1. The van der Waals surface area contributed by atoms with E-state index >= 15 is 0 Å². The molecule has 1 fully saturated rings. The Morgan fingerprint density at radius 3 is 2.31 bits per heavy atom. The molecular formula is C19H15Cl2F2N5O4. The van der Waals surface area contributed by atoms with E-state index in [0.29, 0.717) is 0 Å². The van der Waals surface area contributed by atoms with Crippen LogP contribution in [-0.2, 0) is 0 Å². The SMILES string of the molecule is CC(c1cc(Oc2c(Cl)cc(-c3n[nH]c(=O)[nH]c3=O)cc2Cl)n[nH]c1=O)C1CC(F)(F)C1. The Labute approximate surface area is 187 Å². The van der Waals surface area contributed by atoms with E-state index in [1.807, 2.05) is 4.98 Å². The summed E-state index contributed by atoms with van der Waals surface area (Å²) >= 11 is 12.5. The number of hydrogen-bond acceptors (Lipinski definition) is 6. The van der Waals surface area contributed by atoms with Crippen LogP contribution in [0.3, 0.4) is 0 Å². The Balaban J connectivity index is 1.62. The molecular weight excluding hydrogens is 471 g/mol. The van der Waals surface area contributed by atoms with Crippen molar-refractivity contribution in [2.45, 2.75) is 31.6 Å². The van der Waals surface area contributed by atoms with Gasteiger partial charge >= 0.3 is 5.69 Å². The minimum Gasteiger partial charge on any atom is -0.434 e. The van der Waals surface area contributed by atoms with Gasteiger partial charge in [0.25, 0.3) is 11.1 Å². The van der Waals surface area contributed by atoms with Crippen molar-refractivity contribution < 1.29 is 13.5 Å². The largest absolute Gasteiger partial charge is 0.434 e. The molecule has 2 heterocycles. The van der Waals surface area contributed by atoms with Gasteiger partial charge in [-0.2, -0.15) is 5.10 Å². The molecule has 0 amide bonds. The molecule has 3 aromatic rings. The lowest BCUT2D eigenvalue weighted by atomic mass is 9.71. The summed E-state index contributed by atoms with van der Waals surface area (Å²) in [6.07, 6.45) is -0.577. The van der Waals surface area contributed by atoms with Crippen LogP contribution in [-0.4, -0.2) is 31.3 Å². The third kappa shape index (κ3) is 4.30. The molecule has 0 spiro atoms. The third-order valence-electron chi connectivity index (χ3n) is 5.32.